The number of phenols is 1. The van der Waals surface area contributed by atoms with Gasteiger partial charge in [-0.3, -0.25) is 5.43 Å². The number of methoxy groups -OCH3 is 1. The van der Waals surface area contributed by atoms with Crippen LogP contribution >= 0.6 is 27.3 Å². The Morgan fingerprint density at radius 3 is 3.00 bits per heavy atom. The van der Waals surface area contributed by atoms with Crippen LogP contribution < -0.4 is 15.8 Å². The van der Waals surface area contributed by atoms with E-state index < -0.39 is 5.63 Å². The highest BCUT2D eigenvalue weighted by atomic mass is 79.9. The SMILES string of the molecule is COc1cccc(/C=N/Nc2nc(-c3cc4cc(Br)ccc4oc3=O)cs2)c1O. The molecule has 2 aromatic carbocycles. The van der Waals surface area contributed by atoms with Crippen LogP contribution in [-0.4, -0.2) is 23.4 Å². The van der Waals surface area contributed by atoms with E-state index in [0.29, 0.717) is 33.3 Å². The fraction of sp³-hybridized carbons (Fsp3) is 0.0500. The Morgan fingerprint density at radius 1 is 1.31 bits per heavy atom. The third-order valence-electron chi connectivity index (χ3n) is 4.09. The number of para-hydroxylation sites is 1. The molecule has 0 aliphatic rings. The van der Waals surface area contributed by atoms with Crippen molar-refractivity contribution in [3.63, 3.8) is 0 Å². The average molecular weight is 472 g/mol. The Morgan fingerprint density at radius 2 is 2.17 bits per heavy atom. The van der Waals surface area contributed by atoms with E-state index in [-0.39, 0.29) is 5.75 Å². The summed E-state index contributed by atoms with van der Waals surface area (Å²) < 4.78 is 11.3. The van der Waals surface area contributed by atoms with Crippen molar-refractivity contribution in [3.8, 4) is 22.8 Å². The van der Waals surface area contributed by atoms with Gasteiger partial charge in [0, 0.05) is 20.8 Å². The van der Waals surface area contributed by atoms with Crippen molar-refractivity contribution in [2.45, 2.75) is 0 Å². The van der Waals surface area contributed by atoms with Crippen LogP contribution in [0.5, 0.6) is 11.5 Å². The molecular weight excluding hydrogens is 458 g/mol. The van der Waals surface area contributed by atoms with E-state index in [9.17, 15) is 9.90 Å². The molecule has 2 aromatic heterocycles. The van der Waals surface area contributed by atoms with Gasteiger partial charge in [-0.05, 0) is 36.4 Å². The maximum atomic E-state index is 12.3. The maximum absolute atomic E-state index is 12.3. The van der Waals surface area contributed by atoms with E-state index in [2.05, 4.69) is 31.4 Å². The number of halogens is 1. The number of aromatic hydroxyl groups is 1. The number of thiazole rings is 1. The van der Waals surface area contributed by atoms with Crippen molar-refractivity contribution in [1.82, 2.24) is 4.98 Å². The fourth-order valence-corrected chi connectivity index (χ4v) is 3.73. The summed E-state index contributed by atoms with van der Waals surface area (Å²) in [5.74, 6) is 0.362. The number of fused-ring (bicyclic) bond motifs is 1. The van der Waals surface area contributed by atoms with E-state index in [0.717, 1.165) is 9.86 Å². The molecule has 9 heteroatoms. The van der Waals surface area contributed by atoms with Gasteiger partial charge in [-0.25, -0.2) is 9.78 Å². The Hall–Kier alpha value is -3.17. The molecule has 0 atom stereocenters. The van der Waals surface area contributed by atoms with E-state index in [4.69, 9.17) is 9.15 Å². The molecule has 2 heterocycles. The Labute approximate surface area is 177 Å². The highest BCUT2D eigenvalue weighted by molar-refractivity contribution is 9.10. The van der Waals surface area contributed by atoms with Crippen molar-refractivity contribution in [3.05, 3.63) is 68.3 Å². The minimum atomic E-state index is -0.457. The van der Waals surface area contributed by atoms with E-state index in [1.165, 1.54) is 24.7 Å². The first-order valence-electron chi connectivity index (χ1n) is 8.39. The summed E-state index contributed by atoms with van der Waals surface area (Å²) >= 11 is 4.71. The first kappa shape index (κ1) is 19.2. The summed E-state index contributed by atoms with van der Waals surface area (Å²) in [4.78, 5) is 16.7. The number of nitrogens with zero attached hydrogens (tertiary/aromatic N) is 2. The van der Waals surface area contributed by atoms with Gasteiger partial charge in [0.25, 0.3) is 0 Å². The quantitative estimate of drug-likeness (QED) is 0.245. The van der Waals surface area contributed by atoms with Crippen LogP contribution in [0.1, 0.15) is 5.56 Å². The lowest BCUT2D eigenvalue weighted by Gasteiger charge is -2.04. The fourth-order valence-electron chi connectivity index (χ4n) is 2.69. The molecule has 0 saturated heterocycles. The van der Waals surface area contributed by atoms with Gasteiger partial charge in [-0.15, -0.1) is 11.3 Å². The van der Waals surface area contributed by atoms with Gasteiger partial charge in [0.05, 0.1) is 24.6 Å². The van der Waals surface area contributed by atoms with Gasteiger partial charge < -0.3 is 14.3 Å². The van der Waals surface area contributed by atoms with E-state index >= 15 is 0 Å². The zero-order valence-electron chi connectivity index (χ0n) is 15.0. The number of nitrogens with one attached hydrogen (secondary N) is 1. The lowest BCUT2D eigenvalue weighted by Crippen LogP contribution is -2.03. The molecule has 0 aliphatic carbocycles. The maximum Gasteiger partial charge on any atom is 0.345 e. The standard InChI is InChI=1S/C20H14BrN3O4S/c1-27-17-4-2-3-11(18(17)25)9-22-24-20-23-15(10-29-20)14-8-12-7-13(21)5-6-16(12)28-19(14)26/h2-10,25H,1H3,(H,23,24)/b22-9+. The number of anilines is 1. The second-order valence-corrected chi connectivity index (χ2v) is 7.71. The summed E-state index contributed by atoms with van der Waals surface area (Å²) in [6, 6.07) is 12.3. The van der Waals surface area contributed by atoms with E-state index in [1.807, 2.05) is 12.1 Å². The van der Waals surface area contributed by atoms with Gasteiger partial charge in [0.2, 0.25) is 5.13 Å². The number of hydrogen-bond acceptors (Lipinski definition) is 8. The molecule has 0 amide bonds. The molecule has 146 valence electrons. The van der Waals surface area contributed by atoms with Crippen LogP contribution in [0.25, 0.3) is 22.2 Å². The van der Waals surface area contributed by atoms with Gasteiger partial charge >= 0.3 is 5.63 Å². The average Bonchev–Trinajstić information content (AvgIpc) is 3.18. The van der Waals surface area contributed by atoms with Gasteiger partial charge in [0.15, 0.2) is 11.5 Å². The smallest absolute Gasteiger partial charge is 0.345 e. The van der Waals surface area contributed by atoms with Gasteiger partial charge in [0.1, 0.15) is 5.58 Å². The lowest BCUT2D eigenvalue weighted by molar-refractivity contribution is 0.373. The molecule has 0 radical (unpaired) electrons. The Balaban J connectivity index is 1.57. The van der Waals surface area contributed by atoms with Crippen LogP contribution in [-0.2, 0) is 0 Å². The molecule has 0 bridgehead atoms. The minimum absolute atomic E-state index is 0.000288. The number of rotatable bonds is 5. The van der Waals surface area contributed by atoms with Crippen molar-refractivity contribution in [2.75, 3.05) is 12.5 Å². The van der Waals surface area contributed by atoms with Crippen LogP contribution in [0.15, 0.2) is 66.6 Å². The third-order valence-corrected chi connectivity index (χ3v) is 5.33. The van der Waals surface area contributed by atoms with Crippen LogP contribution in [0, 0.1) is 0 Å². The molecule has 29 heavy (non-hydrogen) atoms. The van der Waals surface area contributed by atoms with Crippen molar-refractivity contribution in [1.29, 1.82) is 0 Å². The zero-order valence-corrected chi connectivity index (χ0v) is 17.5. The third kappa shape index (κ3) is 4.01. The van der Waals surface area contributed by atoms with Crippen molar-refractivity contribution >= 4 is 49.6 Å². The molecule has 2 N–H and O–H groups in total. The summed E-state index contributed by atoms with van der Waals surface area (Å²) in [7, 11) is 1.48. The van der Waals surface area contributed by atoms with E-state index in [1.54, 1.807) is 35.7 Å². The summed E-state index contributed by atoms with van der Waals surface area (Å²) in [5.41, 5.74) is 4.21. The van der Waals surface area contributed by atoms with Crippen LogP contribution in [0.3, 0.4) is 0 Å². The predicted octanol–water partition coefficient (Wildman–Crippen LogP) is 4.84. The Bertz CT molecular complexity index is 1280. The van der Waals surface area contributed by atoms with Crippen molar-refractivity contribution in [2.24, 2.45) is 5.10 Å². The molecule has 0 aliphatic heterocycles. The zero-order chi connectivity index (χ0) is 20.4. The monoisotopic (exact) mass is 471 g/mol. The number of phenolic OH excluding ortho intramolecular Hbond substituents is 1. The van der Waals surface area contributed by atoms with Crippen LogP contribution in [0.4, 0.5) is 5.13 Å². The molecule has 0 saturated carbocycles. The molecular formula is C20H14BrN3O4S. The van der Waals surface area contributed by atoms with Crippen molar-refractivity contribution < 1.29 is 14.3 Å². The highest BCUT2D eigenvalue weighted by Gasteiger charge is 2.12. The molecule has 0 spiro atoms. The topological polar surface area (TPSA) is 97.0 Å². The summed E-state index contributed by atoms with van der Waals surface area (Å²) in [5, 5.41) is 17.2. The lowest BCUT2D eigenvalue weighted by atomic mass is 10.1. The highest BCUT2D eigenvalue weighted by Crippen LogP contribution is 2.29. The summed E-state index contributed by atoms with van der Waals surface area (Å²) in [6.45, 7) is 0. The first-order chi connectivity index (χ1) is 14.0. The molecule has 7 nitrogen and oxygen atoms in total. The van der Waals surface area contributed by atoms with Gasteiger partial charge in [-0.2, -0.15) is 5.10 Å². The second-order valence-electron chi connectivity index (χ2n) is 5.94. The molecule has 4 rings (SSSR count). The molecule has 0 fully saturated rings. The first-order valence-corrected chi connectivity index (χ1v) is 10.1. The molecule has 0 unspecified atom stereocenters. The largest absolute Gasteiger partial charge is 0.504 e. The number of benzene rings is 2. The van der Waals surface area contributed by atoms with Crippen LogP contribution in [0.2, 0.25) is 0 Å². The second kappa shape index (κ2) is 8.06. The molecule has 4 aromatic rings. The number of ether oxygens (including phenoxy) is 1. The van der Waals surface area contributed by atoms with Gasteiger partial charge in [-0.1, -0.05) is 22.0 Å². The number of aromatic nitrogens is 1. The summed E-state index contributed by atoms with van der Waals surface area (Å²) in [6.07, 6.45) is 1.46. The number of hydrazone groups is 1. The predicted molar refractivity (Wildman–Crippen MR) is 117 cm³/mol. The minimum Gasteiger partial charge on any atom is -0.504 e. The normalized spacial score (nSPS) is 11.2. The number of hydrogen-bond donors (Lipinski definition) is 2. The Kier molecular flexibility index (Phi) is 5.32.